The normalized spacial score (nSPS) is 14.3. The van der Waals surface area contributed by atoms with Crippen LogP contribution in [0.25, 0.3) is 0 Å². The monoisotopic (exact) mass is 1420 g/mol. The molecule has 0 amide bonds. The van der Waals surface area contributed by atoms with Gasteiger partial charge in [0.15, 0.2) is 12.2 Å². The largest absolute Gasteiger partial charge is 0.472 e. The molecule has 0 saturated heterocycles. The zero-order valence-electron chi connectivity index (χ0n) is 63.5. The highest BCUT2D eigenvalue weighted by atomic mass is 31.2. The highest BCUT2D eigenvalue weighted by Crippen LogP contribution is 2.45. The van der Waals surface area contributed by atoms with Gasteiger partial charge in [0, 0.05) is 25.7 Å². The van der Waals surface area contributed by atoms with Crippen molar-refractivity contribution in [2.75, 3.05) is 39.6 Å². The molecule has 0 rings (SSSR count). The van der Waals surface area contributed by atoms with Gasteiger partial charge in [0.05, 0.1) is 26.4 Å². The van der Waals surface area contributed by atoms with Crippen molar-refractivity contribution >= 4 is 39.5 Å². The molecule has 576 valence electrons. The van der Waals surface area contributed by atoms with Gasteiger partial charge in [-0.15, -0.1) is 0 Å². The smallest absolute Gasteiger partial charge is 0.462 e. The van der Waals surface area contributed by atoms with E-state index in [1.807, 2.05) is 0 Å². The fourth-order valence-corrected chi connectivity index (χ4v) is 13.5. The summed E-state index contributed by atoms with van der Waals surface area (Å²) in [6, 6.07) is 0. The van der Waals surface area contributed by atoms with Crippen molar-refractivity contribution in [2.45, 2.75) is 420 Å². The van der Waals surface area contributed by atoms with Gasteiger partial charge in [-0.25, -0.2) is 9.13 Å². The Morgan fingerprint density at radius 1 is 0.299 bits per heavy atom. The number of carbonyl (C=O) groups is 4. The van der Waals surface area contributed by atoms with Crippen LogP contribution >= 0.6 is 15.6 Å². The number of phosphoric ester groups is 2. The van der Waals surface area contributed by atoms with Crippen LogP contribution in [0.15, 0.2) is 0 Å². The second-order valence-corrected chi connectivity index (χ2v) is 32.2. The first kappa shape index (κ1) is 95.1. The second-order valence-electron chi connectivity index (χ2n) is 29.3. The van der Waals surface area contributed by atoms with Crippen molar-refractivity contribution in [3.8, 4) is 0 Å². The van der Waals surface area contributed by atoms with Gasteiger partial charge < -0.3 is 33.8 Å². The van der Waals surface area contributed by atoms with Crippen LogP contribution in [0.3, 0.4) is 0 Å². The summed E-state index contributed by atoms with van der Waals surface area (Å²) in [5, 5.41) is 10.6. The second kappa shape index (κ2) is 68.5. The van der Waals surface area contributed by atoms with E-state index in [2.05, 4.69) is 48.5 Å². The molecule has 0 aliphatic rings. The van der Waals surface area contributed by atoms with E-state index < -0.39 is 97.5 Å². The summed E-state index contributed by atoms with van der Waals surface area (Å²) in [6.45, 7) is 11.9. The minimum absolute atomic E-state index is 0.106. The third-order valence-electron chi connectivity index (χ3n) is 18.5. The average Bonchev–Trinajstić information content (AvgIpc) is 1.05. The maximum absolute atomic E-state index is 13.1. The lowest BCUT2D eigenvalue weighted by molar-refractivity contribution is -0.161. The quantitative estimate of drug-likeness (QED) is 0.0222. The number of phosphoric acid groups is 2. The lowest BCUT2D eigenvalue weighted by Crippen LogP contribution is -2.30. The standard InChI is InChI=1S/C78H152O17P2/c1-8-10-11-12-13-14-15-27-33-38-47-54-61-77(82)95-74(66-89-76(81)60-53-46-41-40-43-50-57-70(5)6)68-93-97(86,87)91-64-72(79)63-90-96(84,85)92-67-73(65-88-75(80)59-52-45-37-32-29-24-25-30-35-42-49-56-69(3)4)94-78(83)62-55-48-39-34-28-23-21-19-17-16-18-20-22-26-31-36-44-51-58-71(7)9-2/h69-74,79H,8-68H2,1-7H3,(H,84,85)(H,86,87)/t71?,72-,73-,74-/m1/s1. The van der Waals surface area contributed by atoms with Crippen LogP contribution in [0.1, 0.15) is 402 Å². The molecule has 0 spiro atoms. The molecule has 0 radical (unpaired) electrons. The van der Waals surface area contributed by atoms with E-state index in [-0.39, 0.29) is 25.7 Å². The van der Waals surface area contributed by atoms with Crippen molar-refractivity contribution in [1.82, 2.24) is 0 Å². The number of carbonyl (C=O) groups excluding carboxylic acids is 4. The minimum Gasteiger partial charge on any atom is -0.462 e. The van der Waals surface area contributed by atoms with Crippen molar-refractivity contribution < 1.29 is 80.2 Å². The van der Waals surface area contributed by atoms with Gasteiger partial charge in [-0.05, 0) is 43.4 Å². The van der Waals surface area contributed by atoms with Crippen molar-refractivity contribution in [3.05, 3.63) is 0 Å². The van der Waals surface area contributed by atoms with E-state index in [0.717, 1.165) is 108 Å². The molecular weight excluding hydrogens is 1270 g/mol. The molecule has 17 nitrogen and oxygen atoms in total. The Kier molecular flexibility index (Phi) is 67.1. The van der Waals surface area contributed by atoms with Crippen LogP contribution in [0.4, 0.5) is 0 Å². The Hall–Kier alpha value is -1.94. The molecule has 3 N–H and O–H groups in total. The van der Waals surface area contributed by atoms with Gasteiger partial charge in [0.25, 0.3) is 0 Å². The Labute approximate surface area is 594 Å². The topological polar surface area (TPSA) is 237 Å². The molecule has 97 heavy (non-hydrogen) atoms. The van der Waals surface area contributed by atoms with Gasteiger partial charge in [0.2, 0.25) is 0 Å². The van der Waals surface area contributed by atoms with Crippen molar-refractivity contribution in [3.63, 3.8) is 0 Å². The first-order valence-corrected chi connectivity index (χ1v) is 43.4. The zero-order valence-corrected chi connectivity index (χ0v) is 65.3. The summed E-state index contributed by atoms with van der Waals surface area (Å²) >= 11 is 0. The number of esters is 4. The van der Waals surface area contributed by atoms with E-state index in [1.54, 1.807) is 0 Å². The van der Waals surface area contributed by atoms with Crippen LogP contribution in [0.5, 0.6) is 0 Å². The van der Waals surface area contributed by atoms with Crippen LogP contribution in [-0.2, 0) is 65.4 Å². The van der Waals surface area contributed by atoms with Crippen LogP contribution in [0.2, 0.25) is 0 Å². The maximum Gasteiger partial charge on any atom is 0.472 e. The molecule has 0 aliphatic carbocycles. The molecule has 0 aromatic rings. The van der Waals surface area contributed by atoms with E-state index in [9.17, 15) is 43.2 Å². The molecule has 0 aromatic heterocycles. The number of aliphatic hydroxyl groups is 1. The number of hydrogen-bond acceptors (Lipinski definition) is 15. The molecule has 6 atom stereocenters. The first-order valence-electron chi connectivity index (χ1n) is 40.4. The predicted molar refractivity (Wildman–Crippen MR) is 395 cm³/mol. The SMILES string of the molecule is CCCCCCCCCCCCCCC(=O)O[C@H](COC(=O)CCCCCCCCC(C)C)COP(=O)(O)OC[C@H](O)COP(=O)(O)OC[C@@H](COC(=O)CCCCCCCCCCCCCC(C)C)OC(=O)CCCCCCCCCCCCCCCCCCCCC(C)CC. The Bertz CT molecular complexity index is 1890. The Morgan fingerprint density at radius 2 is 0.526 bits per heavy atom. The fourth-order valence-electron chi connectivity index (χ4n) is 11.9. The molecule has 3 unspecified atom stereocenters. The van der Waals surface area contributed by atoms with Gasteiger partial charge >= 0.3 is 39.5 Å². The van der Waals surface area contributed by atoms with E-state index in [0.29, 0.717) is 31.6 Å². The maximum atomic E-state index is 13.1. The van der Waals surface area contributed by atoms with Crippen LogP contribution < -0.4 is 0 Å². The van der Waals surface area contributed by atoms with E-state index in [1.165, 1.54) is 205 Å². The van der Waals surface area contributed by atoms with Crippen LogP contribution in [0, 0.1) is 17.8 Å². The highest BCUT2D eigenvalue weighted by Gasteiger charge is 2.30. The predicted octanol–water partition coefficient (Wildman–Crippen LogP) is 23.0. The summed E-state index contributed by atoms with van der Waals surface area (Å²) < 4.78 is 68.5. The van der Waals surface area contributed by atoms with Gasteiger partial charge in [-0.2, -0.15) is 0 Å². The Balaban J connectivity index is 5.19. The van der Waals surface area contributed by atoms with Crippen molar-refractivity contribution in [2.24, 2.45) is 17.8 Å². The average molecular weight is 1420 g/mol. The number of rotatable bonds is 76. The third kappa shape index (κ3) is 70.9. The van der Waals surface area contributed by atoms with Crippen molar-refractivity contribution in [1.29, 1.82) is 0 Å². The minimum atomic E-state index is -4.96. The van der Waals surface area contributed by atoms with Gasteiger partial charge in [-0.1, -0.05) is 350 Å². The van der Waals surface area contributed by atoms with E-state index >= 15 is 0 Å². The number of hydrogen-bond donors (Lipinski definition) is 3. The number of aliphatic hydroxyl groups excluding tert-OH is 1. The molecule has 19 heteroatoms. The molecule has 0 heterocycles. The van der Waals surface area contributed by atoms with Gasteiger partial charge in [0.1, 0.15) is 19.3 Å². The lowest BCUT2D eigenvalue weighted by Gasteiger charge is -2.21. The zero-order chi connectivity index (χ0) is 71.6. The molecule has 0 aromatic carbocycles. The van der Waals surface area contributed by atoms with Crippen LogP contribution in [-0.4, -0.2) is 96.7 Å². The summed E-state index contributed by atoms with van der Waals surface area (Å²) in [4.78, 5) is 72.8. The Morgan fingerprint density at radius 3 is 0.784 bits per heavy atom. The molecule has 0 aliphatic heterocycles. The molecule has 0 bridgehead atoms. The summed E-state index contributed by atoms with van der Waals surface area (Å²) in [5.74, 6) is 0.205. The van der Waals surface area contributed by atoms with Gasteiger partial charge in [-0.3, -0.25) is 37.3 Å². The van der Waals surface area contributed by atoms with E-state index in [4.69, 9.17) is 37.0 Å². The summed E-state index contributed by atoms with van der Waals surface area (Å²) in [6.07, 6.45) is 55.6. The fraction of sp³-hybridized carbons (Fsp3) is 0.949. The number of unbranched alkanes of at least 4 members (excludes halogenated alkanes) is 43. The molecular formula is C78H152O17P2. The molecule has 0 saturated carbocycles. The third-order valence-corrected chi connectivity index (χ3v) is 20.4. The highest BCUT2D eigenvalue weighted by molar-refractivity contribution is 7.47. The summed E-state index contributed by atoms with van der Waals surface area (Å²) in [7, 11) is -9.91. The molecule has 0 fully saturated rings. The number of ether oxygens (including phenoxy) is 4. The lowest BCUT2D eigenvalue weighted by atomic mass is 9.99. The first-order chi connectivity index (χ1) is 46.8. The summed E-state index contributed by atoms with van der Waals surface area (Å²) in [5.41, 5.74) is 0.